The molecule has 1 unspecified atom stereocenters. The lowest BCUT2D eigenvalue weighted by Crippen LogP contribution is -2.15. The fraction of sp³-hybridized carbons (Fsp3) is 0.250. The van der Waals surface area contributed by atoms with Crippen molar-refractivity contribution in [2.24, 2.45) is 5.73 Å². The van der Waals surface area contributed by atoms with Crippen molar-refractivity contribution < 1.29 is 4.39 Å². The van der Waals surface area contributed by atoms with Gasteiger partial charge in [-0.2, -0.15) is 0 Å². The molecule has 0 saturated carbocycles. The molecule has 0 aliphatic heterocycles. The van der Waals surface area contributed by atoms with Crippen molar-refractivity contribution in [1.82, 2.24) is 0 Å². The molecule has 0 saturated heterocycles. The third-order valence-electron chi connectivity index (χ3n) is 3.10. The topological polar surface area (TPSA) is 26.0 Å². The third kappa shape index (κ3) is 3.76. The summed E-state index contributed by atoms with van der Waals surface area (Å²) < 4.78 is 14.0. The van der Waals surface area contributed by atoms with Gasteiger partial charge in [0.25, 0.3) is 0 Å². The Morgan fingerprint density at radius 1 is 1.11 bits per heavy atom. The molecule has 2 rings (SSSR count). The Morgan fingerprint density at radius 3 is 2.32 bits per heavy atom. The lowest BCUT2D eigenvalue weighted by molar-refractivity contribution is 0.622. The van der Waals surface area contributed by atoms with Crippen LogP contribution in [-0.2, 0) is 6.42 Å². The van der Waals surface area contributed by atoms with Gasteiger partial charge < -0.3 is 5.73 Å². The zero-order valence-electron chi connectivity index (χ0n) is 11.1. The van der Waals surface area contributed by atoms with E-state index < -0.39 is 0 Å². The molecule has 0 amide bonds. The first-order valence-corrected chi connectivity index (χ1v) is 7.31. The van der Waals surface area contributed by atoms with Gasteiger partial charge in [-0.05, 0) is 66.1 Å². The molecule has 100 valence electrons. The van der Waals surface area contributed by atoms with Gasteiger partial charge in [0.2, 0.25) is 0 Å². The van der Waals surface area contributed by atoms with E-state index in [2.05, 4.69) is 54.6 Å². The van der Waals surface area contributed by atoms with Crippen LogP contribution in [0.3, 0.4) is 0 Å². The van der Waals surface area contributed by atoms with Crippen LogP contribution in [0.15, 0.2) is 36.4 Å². The Hall–Kier alpha value is -0.940. The minimum Gasteiger partial charge on any atom is -0.324 e. The highest BCUT2D eigenvalue weighted by atomic mass is 127. The highest BCUT2D eigenvalue weighted by Gasteiger charge is 2.11. The number of rotatable bonds is 3. The van der Waals surface area contributed by atoms with E-state index in [0.717, 1.165) is 15.6 Å². The second-order valence-corrected chi connectivity index (χ2v) is 6.13. The summed E-state index contributed by atoms with van der Waals surface area (Å²) in [6, 6.07) is 11.1. The van der Waals surface area contributed by atoms with Gasteiger partial charge in [-0.15, -0.1) is 0 Å². The average Bonchev–Trinajstić information content (AvgIpc) is 2.26. The molecule has 0 fully saturated rings. The Kier molecular flexibility index (Phi) is 4.58. The summed E-state index contributed by atoms with van der Waals surface area (Å²) >= 11 is 2.14. The number of halogens is 2. The first-order chi connectivity index (χ1) is 8.95. The summed E-state index contributed by atoms with van der Waals surface area (Å²) in [5, 5.41) is 0. The molecule has 2 aromatic rings. The van der Waals surface area contributed by atoms with Gasteiger partial charge in [-0.25, -0.2) is 4.39 Å². The van der Waals surface area contributed by atoms with Crippen LogP contribution in [0.2, 0.25) is 0 Å². The molecular weight excluding hydrogens is 352 g/mol. The van der Waals surface area contributed by atoms with Crippen LogP contribution in [0.25, 0.3) is 0 Å². The molecular formula is C16H17FIN. The van der Waals surface area contributed by atoms with Crippen LogP contribution >= 0.6 is 22.6 Å². The average molecular weight is 369 g/mol. The van der Waals surface area contributed by atoms with Gasteiger partial charge in [-0.1, -0.05) is 35.4 Å². The Bertz CT molecular complexity index is 575. The van der Waals surface area contributed by atoms with E-state index in [0.29, 0.717) is 0 Å². The van der Waals surface area contributed by atoms with Gasteiger partial charge in [0, 0.05) is 9.61 Å². The standard InChI is InChI=1S/C16H17FIN/c1-10-5-11(2)7-12(6-10)8-16(19)14-4-3-13(17)9-15(14)18/h3-7,9,16H,8,19H2,1-2H3. The molecule has 2 N–H and O–H groups in total. The van der Waals surface area contributed by atoms with Crippen molar-refractivity contribution in [2.45, 2.75) is 26.3 Å². The monoisotopic (exact) mass is 369 g/mol. The zero-order chi connectivity index (χ0) is 14.0. The van der Waals surface area contributed by atoms with Gasteiger partial charge in [0.1, 0.15) is 5.82 Å². The maximum Gasteiger partial charge on any atom is 0.124 e. The molecule has 0 aliphatic carbocycles. The van der Waals surface area contributed by atoms with Crippen LogP contribution < -0.4 is 5.73 Å². The minimum absolute atomic E-state index is 0.103. The summed E-state index contributed by atoms with van der Waals surface area (Å²) in [5.74, 6) is -0.216. The summed E-state index contributed by atoms with van der Waals surface area (Å²) in [7, 11) is 0. The molecule has 0 radical (unpaired) electrons. The van der Waals surface area contributed by atoms with Crippen molar-refractivity contribution in [3.8, 4) is 0 Å². The summed E-state index contributed by atoms with van der Waals surface area (Å²) in [4.78, 5) is 0. The number of nitrogens with two attached hydrogens (primary N) is 1. The Labute approximate surface area is 127 Å². The largest absolute Gasteiger partial charge is 0.324 e. The van der Waals surface area contributed by atoms with Crippen molar-refractivity contribution in [3.63, 3.8) is 0 Å². The second kappa shape index (κ2) is 6.01. The molecule has 0 spiro atoms. The van der Waals surface area contributed by atoms with E-state index in [1.807, 2.05) is 0 Å². The molecule has 2 aromatic carbocycles. The molecule has 19 heavy (non-hydrogen) atoms. The van der Waals surface area contributed by atoms with Crippen LogP contribution in [-0.4, -0.2) is 0 Å². The highest BCUT2D eigenvalue weighted by molar-refractivity contribution is 14.1. The van der Waals surface area contributed by atoms with Gasteiger partial charge in [-0.3, -0.25) is 0 Å². The number of hydrogen-bond acceptors (Lipinski definition) is 1. The van der Waals surface area contributed by atoms with Crippen molar-refractivity contribution in [2.75, 3.05) is 0 Å². The zero-order valence-corrected chi connectivity index (χ0v) is 13.2. The summed E-state index contributed by atoms with van der Waals surface area (Å²) in [6.45, 7) is 4.17. The molecule has 0 heterocycles. The van der Waals surface area contributed by atoms with Crippen LogP contribution in [0.1, 0.15) is 28.3 Å². The summed E-state index contributed by atoms with van der Waals surface area (Å²) in [6.07, 6.45) is 0.768. The quantitative estimate of drug-likeness (QED) is 0.803. The first kappa shape index (κ1) is 14.5. The molecule has 0 aromatic heterocycles. The number of benzene rings is 2. The van der Waals surface area contributed by atoms with E-state index >= 15 is 0 Å². The molecule has 1 nitrogen and oxygen atoms in total. The van der Waals surface area contributed by atoms with Crippen LogP contribution in [0.4, 0.5) is 4.39 Å². The predicted octanol–water partition coefficient (Wildman–Crippen LogP) is 4.29. The van der Waals surface area contributed by atoms with Crippen LogP contribution in [0, 0.1) is 23.2 Å². The van der Waals surface area contributed by atoms with E-state index in [4.69, 9.17) is 5.73 Å². The van der Waals surface area contributed by atoms with Crippen molar-refractivity contribution >= 4 is 22.6 Å². The second-order valence-electron chi connectivity index (χ2n) is 4.97. The molecule has 1 atom stereocenters. The number of aryl methyl sites for hydroxylation is 2. The predicted molar refractivity (Wildman–Crippen MR) is 85.7 cm³/mol. The fourth-order valence-electron chi connectivity index (χ4n) is 2.35. The Balaban J connectivity index is 2.22. The number of hydrogen-bond donors (Lipinski definition) is 1. The Morgan fingerprint density at radius 2 is 1.74 bits per heavy atom. The van der Waals surface area contributed by atoms with Gasteiger partial charge in [0.05, 0.1) is 0 Å². The maximum absolute atomic E-state index is 13.1. The molecule has 3 heteroatoms. The minimum atomic E-state index is -0.216. The normalized spacial score (nSPS) is 12.5. The highest BCUT2D eigenvalue weighted by Crippen LogP contribution is 2.23. The lowest BCUT2D eigenvalue weighted by atomic mass is 9.97. The van der Waals surface area contributed by atoms with E-state index in [-0.39, 0.29) is 11.9 Å². The molecule has 0 aliphatic rings. The first-order valence-electron chi connectivity index (χ1n) is 6.23. The maximum atomic E-state index is 13.1. The lowest BCUT2D eigenvalue weighted by Gasteiger charge is -2.15. The van der Waals surface area contributed by atoms with E-state index in [9.17, 15) is 4.39 Å². The van der Waals surface area contributed by atoms with E-state index in [1.54, 1.807) is 6.07 Å². The smallest absolute Gasteiger partial charge is 0.124 e. The van der Waals surface area contributed by atoms with Gasteiger partial charge >= 0.3 is 0 Å². The van der Waals surface area contributed by atoms with Crippen molar-refractivity contribution in [3.05, 3.63) is 68.0 Å². The third-order valence-corrected chi connectivity index (χ3v) is 4.03. The molecule has 0 bridgehead atoms. The summed E-state index contributed by atoms with van der Waals surface area (Å²) in [5.41, 5.74) is 11.0. The van der Waals surface area contributed by atoms with Crippen molar-refractivity contribution in [1.29, 1.82) is 0 Å². The van der Waals surface area contributed by atoms with Crippen LogP contribution in [0.5, 0.6) is 0 Å². The van der Waals surface area contributed by atoms with Gasteiger partial charge in [0.15, 0.2) is 0 Å². The SMILES string of the molecule is Cc1cc(C)cc(CC(N)c2ccc(F)cc2I)c1. The van der Waals surface area contributed by atoms with E-state index in [1.165, 1.54) is 28.8 Å². The fourth-order valence-corrected chi connectivity index (χ4v) is 3.23.